The molecule has 0 radical (unpaired) electrons. The van der Waals surface area contributed by atoms with Crippen molar-refractivity contribution in [2.45, 2.75) is 24.4 Å². The molecule has 2 aliphatic rings. The first-order chi connectivity index (χ1) is 12.6. The van der Waals surface area contributed by atoms with Crippen molar-refractivity contribution < 1.29 is 9.53 Å². The van der Waals surface area contributed by atoms with Gasteiger partial charge in [0, 0.05) is 11.6 Å². The molecule has 1 aliphatic carbocycles. The van der Waals surface area contributed by atoms with Crippen LogP contribution in [-0.4, -0.2) is 30.9 Å². The molecule has 4 rings (SSSR count). The second kappa shape index (κ2) is 6.76. The van der Waals surface area contributed by atoms with Gasteiger partial charge in [0.2, 0.25) is 5.54 Å². The molecule has 1 fully saturated rings. The van der Waals surface area contributed by atoms with E-state index in [0.29, 0.717) is 10.9 Å². The molecule has 0 unspecified atom stereocenters. The zero-order valence-electron chi connectivity index (χ0n) is 14.6. The van der Waals surface area contributed by atoms with E-state index >= 15 is 0 Å². The Labute approximate surface area is 158 Å². The molecule has 0 N–H and O–H groups in total. The predicted molar refractivity (Wildman–Crippen MR) is 102 cm³/mol. The molecule has 0 spiro atoms. The van der Waals surface area contributed by atoms with Crippen LogP contribution in [-0.2, 0) is 15.1 Å². The number of benzene rings is 2. The summed E-state index contributed by atoms with van der Waals surface area (Å²) in [6, 6.07) is 17.1. The number of carbonyl (C=O) groups is 1. The minimum Gasteiger partial charge on any atom is -0.467 e. The highest BCUT2D eigenvalue weighted by Crippen LogP contribution is 2.48. The summed E-state index contributed by atoms with van der Waals surface area (Å²) in [5.41, 5.74) is 0.724. The van der Waals surface area contributed by atoms with Gasteiger partial charge in [-0.15, -0.1) is 0 Å². The normalized spacial score (nSPS) is 24.7. The summed E-state index contributed by atoms with van der Waals surface area (Å²) < 4.78 is 5.23. The molecular weight excluding hydrogens is 348 g/mol. The predicted octanol–water partition coefficient (Wildman–Crippen LogP) is 4.20. The van der Waals surface area contributed by atoms with Gasteiger partial charge in [-0.05, 0) is 42.0 Å². The van der Waals surface area contributed by atoms with Gasteiger partial charge in [0.1, 0.15) is 0 Å². The molecule has 5 heteroatoms. The van der Waals surface area contributed by atoms with E-state index < -0.39 is 5.54 Å². The van der Waals surface area contributed by atoms with Crippen LogP contribution in [0.15, 0.2) is 59.6 Å². The summed E-state index contributed by atoms with van der Waals surface area (Å²) >= 11 is 6.09. The third kappa shape index (κ3) is 2.88. The average molecular weight is 369 g/mol. The monoisotopic (exact) mass is 368 g/mol. The summed E-state index contributed by atoms with van der Waals surface area (Å²) in [6.07, 6.45) is 4.28. The number of nitrogens with zero attached hydrogens (tertiary/aromatic N) is 2. The van der Waals surface area contributed by atoms with Crippen molar-refractivity contribution in [3.8, 4) is 0 Å². The first-order valence-corrected chi connectivity index (χ1v) is 9.23. The summed E-state index contributed by atoms with van der Waals surface area (Å²) in [4.78, 5) is 20.0. The first-order valence-electron chi connectivity index (χ1n) is 8.85. The van der Waals surface area contributed by atoms with Crippen LogP contribution in [0.4, 0.5) is 0 Å². The Balaban J connectivity index is 1.85. The molecule has 4 nitrogen and oxygen atoms in total. The van der Waals surface area contributed by atoms with Gasteiger partial charge >= 0.3 is 5.97 Å². The molecule has 0 aromatic heterocycles. The lowest BCUT2D eigenvalue weighted by Crippen LogP contribution is -2.44. The van der Waals surface area contributed by atoms with Crippen molar-refractivity contribution in [3.05, 3.63) is 70.7 Å². The number of hydrogen-bond donors (Lipinski definition) is 0. The number of methoxy groups -OCH3 is 1. The van der Waals surface area contributed by atoms with Crippen molar-refractivity contribution in [1.29, 1.82) is 0 Å². The van der Waals surface area contributed by atoms with Gasteiger partial charge in [0.25, 0.3) is 0 Å². The molecule has 0 saturated heterocycles. The molecule has 26 heavy (non-hydrogen) atoms. The lowest BCUT2D eigenvalue weighted by molar-refractivity contribution is -0.149. The molecule has 1 aliphatic heterocycles. The van der Waals surface area contributed by atoms with Crippen LogP contribution in [0.25, 0.3) is 0 Å². The van der Waals surface area contributed by atoms with Gasteiger partial charge < -0.3 is 9.64 Å². The number of esters is 1. The van der Waals surface area contributed by atoms with Crippen molar-refractivity contribution in [2.24, 2.45) is 10.9 Å². The molecule has 2 aromatic carbocycles. The third-order valence-corrected chi connectivity index (χ3v) is 5.45. The molecule has 0 bridgehead atoms. The molecular formula is C21H21ClN2O2. The topological polar surface area (TPSA) is 41.9 Å². The van der Waals surface area contributed by atoms with Gasteiger partial charge in [-0.2, -0.15) is 0 Å². The van der Waals surface area contributed by atoms with Crippen molar-refractivity contribution in [2.75, 3.05) is 13.7 Å². The quantitative estimate of drug-likeness (QED) is 0.742. The minimum absolute atomic E-state index is 0.254. The first kappa shape index (κ1) is 17.1. The Morgan fingerprint density at radius 3 is 2.50 bits per heavy atom. The number of aliphatic imine (C=N–C) groups is 1. The Kier molecular flexibility index (Phi) is 4.45. The fourth-order valence-corrected chi connectivity index (χ4v) is 3.86. The van der Waals surface area contributed by atoms with Crippen LogP contribution in [0.3, 0.4) is 0 Å². The van der Waals surface area contributed by atoms with Crippen LogP contribution in [0.2, 0.25) is 5.02 Å². The minimum atomic E-state index is -1.11. The summed E-state index contributed by atoms with van der Waals surface area (Å²) in [6.45, 7) is 0.891. The maximum absolute atomic E-state index is 13.0. The Bertz CT molecular complexity index is 818. The van der Waals surface area contributed by atoms with E-state index in [9.17, 15) is 4.79 Å². The average Bonchev–Trinajstić information content (AvgIpc) is 3.41. The SMILES string of the molecule is COC(=O)[C@]1(c2ccccc2)N=CN(CC2CC2)[C@H]1c1ccc(Cl)cc1. The molecule has 0 amide bonds. The second-order valence-corrected chi connectivity index (χ2v) is 7.40. The molecule has 1 saturated carbocycles. The molecule has 1 heterocycles. The van der Waals surface area contributed by atoms with Gasteiger partial charge in [-0.1, -0.05) is 54.1 Å². The number of ether oxygens (including phenoxy) is 1. The van der Waals surface area contributed by atoms with Crippen molar-refractivity contribution in [1.82, 2.24) is 4.90 Å². The van der Waals surface area contributed by atoms with E-state index in [0.717, 1.165) is 17.7 Å². The molecule has 2 aromatic rings. The number of carbonyl (C=O) groups excluding carboxylic acids is 1. The van der Waals surface area contributed by atoms with E-state index in [1.807, 2.05) is 60.9 Å². The fourth-order valence-electron chi connectivity index (χ4n) is 3.73. The van der Waals surface area contributed by atoms with Gasteiger partial charge in [-0.25, -0.2) is 9.79 Å². The van der Waals surface area contributed by atoms with Crippen LogP contribution < -0.4 is 0 Å². The van der Waals surface area contributed by atoms with E-state index in [4.69, 9.17) is 21.3 Å². The van der Waals surface area contributed by atoms with Crippen molar-refractivity contribution >= 4 is 23.9 Å². The number of rotatable bonds is 5. The summed E-state index contributed by atoms with van der Waals surface area (Å²) in [5.74, 6) is 0.318. The molecule has 134 valence electrons. The number of halogens is 1. The largest absolute Gasteiger partial charge is 0.467 e. The Morgan fingerprint density at radius 2 is 1.88 bits per heavy atom. The van der Waals surface area contributed by atoms with Crippen LogP contribution in [0, 0.1) is 5.92 Å². The zero-order valence-corrected chi connectivity index (χ0v) is 15.4. The van der Waals surface area contributed by atoms with Gasteiger partial charge in [0.05, 0.1) is 19.5 Å². The van der Waals surface area contributed by atoms with Crippen LogP contribution >= 0.6 is 11.6 Å². The highest BCUT2D eigenvalue weighted by Gasteiger charge is 2.54. The van der Waals surface area contributed by atoms with Gasteiger partial charge in [0.15, 0.2) is 0 Å². The summed E-state index contributed by atoms with van der Waals surface area (Å²) in [7, 11) is 1.42. The zero-order chi connectivity index (χ0) is 18.1. The van der Waals surface area contributed by atoms with E-state index in [2.05, 4.69) is 4.90 Å². The maximum Gasteiger partial charge on any atom is 0.341 e. The Hall–Kier alpha value is -2.33. The second-order valence-electron chi connectivity index (χ2n) is 6.96. The smallest absolute Gasteiger partial charge is 0.341 e. The summed E-state index contributed by atoms with van der Waals surface area (Å²) in [5, 5.41) is 0.671. The van der Waals surface area contributed by atoms with E-state index in [1.165, 1.54) is 20.0 Å². The highest BCUT2D eigenvalue weighted by atomic mass is 35.5. The van der Waals surface area contributed by atoms with Crippen molar-refractivity contribution in [3.63, 3.8) is 0 Å². The molecule has 2 atom stereocenters. The maximum atomic E-state index is 13.0. The lowest BCUT2D eigenvalue weighted by atomic mass is 9.80. The highest BCUT2D eigenvalue weighted by molar-refractivity contribution is 6.30. The lowest BCUT2D eigenvalue weighted by Gasteiger charge is -2.36. The van der Waals surface area contributed by atoms with Crippen LogP contribution in [0.1, 0.15) is 30.0 Å². The number of hydrogen-bond acceptors (Lipinski definition) is 4. The van der Waals surface area contributed by atoms with E-state index in [-0.39, 0.29) is 12.0 Å². The van der Waals surface area contributed by atoms with Crippen LogP contribution in [0.5, 0.6) is 0 Å². The third-order valence-electron chi connectivity index (χ3n) is 5.20. The van der Waals surface area contributed by atoms with Gasteiger partial charge in [-0.3, -0.25) is 0 Å². The standard InChI is InChI=1S/C21H21ClN2O2/c1-26-20(25)21(17-5-3-2-4-6-17)19(16-9-11-18(22)12-10-16)24(14-23-21)13-15-7-8-15/h2-6,9-12,14-15,19H,7-8,13H2,1H3/t19-,21+/m0/s1. The fraction of sp³-hybridized carbons (Fsp3) is 0.333. The Morgan fingerprint density at radius 1 is 1.19 bits per heavy atom. The van der Waals surface area contributed by atoms with E-state index in [1.54, 1.807) is 0 Å².